The number of aromatic nitrogens is 2. The van der Waals surface area contributed by atoms with Crippen LogP contribution in [0.15, 0.2) is 30.5 Å². The van der Waals surface area contributed by atoms with E-state index in [1.54, 1.807) is 6.20 Å². The third kappa shape index (κ3) is 2.28. The van der Waals surface area contributed by atoms with Gasteiger partial charge < -0.3 is 0 Å². The standard InChI is InChI=1S/C16H16N2O/c1-2-11-6-8-12(9-7-11)16-17-10-13-14(18-16)4-3-5-15(13)19/h6-10H,2-5H2,1H3. The Morgan fingerprint density at radius 2 is 1.95 bits per heavy atom. The van der Waals surface area contributed by atoms with Crippen molar-refractivity contribution in [3.63, 3.8) is 0 Å². The van der Waals surface area contributed by atoms with Gasteiger partial charge in [0.1, 0.15) is 0 Å². The first-order valence-corrected chi connectivity index (χ1v) is 6.76. The van der Waals surface area contributed by atoms with Crippen molar-refractivity contribution in [2.75, 3.05) is 0 Å². The molecule has 2 aromatic rings. The van der Waals surface area contributed by atoms with Gasteiger partial charge in [-0.1, -0.05) is 31.2 Å². The predicted octanol–water partition coefficient (Wildman–Crippen LogP) is 3.23. The molecule has 3 nitrogen and oxygen atoms in total. The number of rotatable bonds is 2. The molecule has 1 aliphatic carbocycles. The maximum absolute atomic E-state index is 11.7. The van der Waals surface area contributed by atoms with Gasteiger partial charge in [0.15, 0.2) is 11.6 Å². The van der Waals surface area contributed by atoms with Crippen molar-refractivity contribution in [1.29, 1.82) is 0 Å². The fourth-order valence-electron chi connectivity index (χ4n) is 2.42. The summed E-state index contributed by atoms with van der Waals surface area (Å²) in [6, 6.07) is 8.29. The van der Waals surface area contributed by atoms with E-state index in [1.165, 1.54) is 5.56 Å². The Balaban J connectivity index is 1.99. The van der Waals surface area contributed by atoms with Gasteiger partial charge in [0.05, 0.1) is 11.3 Å². The van der Waals surface area contributed by atoms with Crippen LogP contribution in [0.1, 0.15) is 41.4 Å². The molecule has 1 aliphatic rings. The molecule has 0 bridgehead atoms. The molecule has 0 atom stereocenters. The highest BCUT2D eigenvalue weighted by Crippen LogP contribution is 2.22. The van der Waals surface area contributed by atoms with Crippen LogP contribution in [0.3, 0.4) is 0 Å². The molecule has 1 aromatic carbocycles. The summed E-state index contributed by atoms with van der Waals surface area (Å²) < 4.78 is 0. The van der Waals surface area contributed by atoms with Crippen molar-refractivity contribution in [2.24, 2.45) is 0 Å². The van der Waals surface area contributed by atoms with E-state index in [4.69, 9.17) is 0 Å². The third-order valence-corrected chi connectivity index (χ3v) is 3.61. The lowest BCUT2D eigenvalue weighted by molar-refractivity contribution is 0.0971. The number of hydrogen-bond acceptors (Lipinski definition) is 3. The van der Waals surface area contributed by atoms with Gasteiger partial charge >= 0.3 is 0 Å². The molecule has 0 amide bonds. The topological polar surface area (TPSA) is 42.9 Å². The number of hydrogen-bond donors (Lipinski definition) is 0. The average molecular weight is 252 g/mol. The van der Waals surface area contributed by atoms with Crippen molar-refractivity contribution in [2.45, 2.75) is 32.6 Å². The maximum Gasteiger partial charge on any atom is 0.166 e. The Kier molecular flexibility index (Phi) is 3.11. The largest absolute Gasteiger partial charge is 0.294 e. The Morgan fingerprint density at radius 1 is 1.16 bits per heavy atom. The fourth-order valence-corrected chi connectivity index (χ4v) is 2.42. The Bertz CT molecular complexity index is 617. The molecule has 0 spiro atoms. The van der Waals surface area contributed by atoms with E-state index in [9.17, 15) is 4.79 Å². The van der Waals surface area contributed by atoms with Crippen LogP contribution >= 0.6 is 0 Å². The van der Waals surface area contributed by atoms with Crippen LogP contribution in [-0.2, 0) is 12.8 Å². The number of ketones is 1. The second kappa shape index (κ2) is 4.92. The Labute approximate surface area is 112 Å². The molecule has 0 radical (unpaired) electrons. The summed E-state index contributed by atoms with van der Waals surface area (Å²) in [6.07, 6.45) is 5.12. The maximum atomic E-state index is 11.7. The third-order valence-electron chi connectivity index (χ3n) is 3.61. The number of nitrogens with zero attached hydrogens (tertiary/aromatic N) is 2. The smallest absolute Gasteiger partial charge is 0.166 e. The van der Waals surface area contributed by atoms with Crippen LogP contribution in [0, 0.1) is 0 Å². The molecule has 1 aromatic heterocycles. The number of carbonyl (C=O) groups excluding carboxylic acids is 1. The molecule has 0 N–H and O–H groups in total. The summed E-state index contributed by atoms with van der Waals surface area (Å²) in [5.41, 5.74) is 3.93. The second-order valence-corrected chi connectivity index (χ2v) is 4.88. The molecule has 0 saturated carbocycles. The van der Waals surface area contributed by atoms with Gasteiger partial charge in [-0.05, 0) is 24.8 Å². The molecule has 96 valence electrons. The van der Waals surface area contributed by atoms with E-state index in [0.29, 0.717) is 12.0 Å². The van der Waals surface area contributed by atoms with Crippen LogP contribution in [0.2, 0.25) is 0 Å². The number of carbonyl (C=O) groups is 1. The van der Waals surface area contributed by atoms with Crippen molar-refractivity contribution >= 4 is 5.78 Å². The highest BCUT2D eigenvalue weighted by atomic mass is 16.1. The second-order valence-electron chi connectivity index (χ2n) is 4.88. The zero-order valence-corrected chi connectivity index (χ0v) is 11.0. The highest BCUT2D eigenvalue weighted by Gasteiger charge is 2.19. The first kappa shape index (κ1) is 12.0. The number of fused-ring (bicyclic) bond motifs is 1. The average Bonchev–Trinajstić information content (AvgIpc) is 2.47. The lowest BCUT2D eigenvalue weighted by Crippen LogP contribution is -2.13. The summed E-state index contributed by atoms with van der Waals surface area (Å²) in [6.45, 7) is 2.13. The monoisotopic (exact) mass is 252 g/mol. The van der Waals surface area contributed by atoms with Crippen molar-refractivity contribution in [3.8, 4) is 11.4 Å². The molecular weight excluding hydrogens is 236 g/mol. The van der Waals surface area contributed by atoms with Gasteiger partial charge in [-0.15, -0.1) is 0 Å². The van der Waals surface area contributed by atoms with E-state index in [-0.39, 0.29) is 5.78 Å². The van der Waals surface area contributed by atoms with Crippen molar-refractivity contribution in [3.05, 3.63) is 47.3 Å². The summed E-state index contributed by atoms with van der Waals surface area (Å²) in [5.74, 6) is 0.894. The molecule has 0 aliphatic heterocycles. The predicted molar refractivity (Wildman–Crippen MR) is 74.1 cm³/mol. The molecule has 3 rings (SSSR count). The minimum absolute atomic E-state index is 0.175. The number of Topliss-reactive ketones (excluding diaryl/α,β-unsaturated/α-hetero) is 1. The SMILES string of the molecule is CCc1ccc(-c2ncc3c(n2)CCCC3=O)cc1. The zero-order chi connectivity index (χ0) is 13.2. The van der Waals surface area contributed by atoms with E-state index >= 15 is 0 Å². The van der Waals surface area contributed by atoms with Gasteiger partial charge in [0, 0.05) is 18.2 Å². The van der Waals surface area contributed by atoms with Gasteiger partial charge in [0.2, 0.25) is 0 Å². The lowest BCUT2D eigenvalue weighted by atomic mass is 9.96. The molecular formula is C16H16N2O. The molecule has 3 heteroatoms. The van der Waals surface area contributed by atoms with E-state index in [2.05, 4.69) is 29.0 Å². The van der Waals surface area contributed by atoms with Crippen LogP contribution in [0.4, 0.5) is 0 Å². The van der Waals surface area contributed by atoms with Crippen LogP contribution < -0.4 is 0 Å². The summed E-state index contributed by atoms with van der Waals surface area (Å²) >= 11 is 0. The van der Waals surface area contributed by atoms with Gasteiger partial charge in [-0.2, -0.15) is 0 Å². The van der Waals surface area contributed by atoms with Crippen molar-refractivity contribution in [1.82, 2.24) is 9.97 Å². The van der Waals surface area contributed by atoms with Crippen LogP contribution in [0.5, 0.6) is 0 Å². The minimum atomic E-state index is 0.175. The lowest BCUT2D eigenvalue weighted by Gasteiger charge is -2.13. The number of benzene rings is 1. The minimum Gasteiger partial charge on any atom is -0.294 e. The Morgan fingerprint density at radius 3 is 2.68 bits per heavy atom. The molecule has 0 fully saturated rings. The summed E-state index contributed by atoms with van der Waals surface area (Å²) in [5, 5.41) is 0. The number of aryl methyl sites for hydroxylation is 2. The highest BCUT2D eigenvalue weighted by molar-refractivity contribution is 5.97. The fraction of sp³-hybridized carbons (Fsp3) is 0.312. The summed E-state index contributed by atoms with van der Waals surface area (Å²) in [4.78, 5) is 20.6. The van der Waals surface area contributed by atoms with Crippen LogP contribution in [-0.4, -0.2) is 15.8 Å². The molecule has 1 heterocycles. The molecule has 0 saturated heterocycles. The first-order valence-electron chi connectivity index (χ1n) is 6.76. The van der Waals surface area contributed by atoms with E-state index in [0.717, 1.165) is 36.3 Å². The van der Waals surface area contributed by atoms with Gasteiger partial charge in [-0.3, -0.25) is 4.79 Å². The van der Waals surface area contributed by atoms with E-state index in [1.807, 2.05) is 12.1 Å². The Hall–Kier alpha value is -2.03. The molecule has 19 heavy (non-hydrogen) atoms. The quantitative estimate of drug-likeness (QED) is 0.824. The van der Waals surface area contributed by atoms with Crippen LogP contribution in [0.25, 0.3) is 11.4 Å². The zero-order valence-electron chi connectivity index (χ0n) is 11.0. The molecule has 0 unspecified atom stereocenters. The first-order chi connectivity index (χ1) is 9.28. The van der Waals surface area contributed by atoms with Crippen molar-refractivity contribution < 1.29 is 4.79 Å². The van der Waals surface area contributed by atoms with Gasteiger partial charge in [-0.25, -0.2) is 9.97 Å². The summed E-state index contributed by atoms with van der Waals surface area (Å²) in [7, 11) is 0. The van der Waals surface area contributed by atoms with E-state index < -0.39 is 0 Å². The normalized spacial score (nSPS) is 14.3. The van der Waals surface area contributed by atoms with Gasteiger partial charge in [0.25, 0.3) is 0 Å².